The van der Waals surface area contributed by atoms with Crippen molar-refractivity contribution in [2.45, 2.75) is 60.7 Å². The molecule has 3 rings (SSSR count). The van der Waals surface area contributed by atoms with Gasteiger partial charge in [-0.3, -0.25) is 0 Å². The van der Waals surface area contributed by atoms with Gasteiger partial charge in [0.05, 0.1) is 5.69 Å². The van der Waals surface area contributed by atoms with Crippen molar-refractivity contribution in [2.24, 2.45) is 0 Å². The van der Waals surface area contributed by atoms with Crippen LogP contribution in [0, 0.1) is 41.5 Å². The molecular formula is C21H26F3N5. The summed E-state index contributed by atoms with van der Waals surface area (Å²) in [5.74, 6) is 0.613. The quantitative estimate of drug-likeness (QED) is 0.613. The molecule has 0 bridgehead atoms. The lowest BCUT2D eigenvalue weighted by molar-refractivity contribution is -0.144. The van der Waals surface area contributed by atoms with Crippen LogP contribution in [0.15, 0.2) is 6.33 Å². The molecule has 0 N–H and O–H groups in total. The number of rotatable bonds is 3. The molecule has 1 aromatic carbocycles. The number of aryl methyl sites for hydroxylation is 1. The molecule has 5 nitrogen and oxygen atoms in total. The number of halogens is 3. The molecule has 0 aliphatic carbocycles. The van der Waals surface area contributed by atoms with Gasteiger partial charge in [-0.05, 0) is 81.8 Å². The van der Waals surface area contributed by atoms with E-state index in [1.165, 1.54) is 28.4 Å². The third kappa shape index (κ3) is 3.24. The van der Waals surface area contributed by atoms with Gasteiger partial charge in [-0.15, -0.1) is 0 Å². The fourth-order valence-corrected chi connectivity index (χ4v) is 3.83. The molecule has 0 fully saturated rings. The Kier molecular flexibility index (Phi) is 5.09. The molecule has 8 heteroatoms. The number of benzene rings is 1. The summed E-state index contributed by atoms with van der Waals surface area (Å²) < 4.78 is 42.1. The van der Waals surface area contributed by atoms with Crippen molar-refractivity contribution in [1.82, 2.24) is 19.6 Å². The fraction of sp³-hybridized carbons (Fsp3) is 0.476. The molecule has 0 saturated carbocycles. The third-order valence-corrected chi connectivity index (χ3v) is 6.22. The average Bonchev–Trinajstić information content (AvgIpc) is 3.11. The first-order chi connectivity index (χ1) is 13.4. The molecule has 1 atom stereocenters. The molecule has 1 unspecified atom stereocenters. The third-order valence-electron chi connectivity index (χ3n) is 6.22. The second-order valence-electron chi connectivity index (χ2n) is 7.70. The van der Waals surface area contributed by atoms with Crippen LogP contribution in [-0.4, -0.2) is 38.8 Å². The zero-order chi connectivity index (χ0) is 21.8. The minimum atomic E-state index is -4.39. The van der Waals surface area contributed by atoms with Gasteiger partial charge in [-0.25, -0.2) is 4.98 Å². The summed E-state index contributed by atoms with van der Waals surface area (Å²) in [6.45, 7) is 13.1. The number of nitrogens with zero attached hydrogens (tertiary/aromatic N) is 5. The van der Waals surface area contributed by atoms with Crippen LogP contribution in [-0.2, 0) is 0 Å². The molecule has 0 aliphatic rings. The zero-order valence-electron chi connectivity index (χ0n) is 18.0. The molecule has 0 spiro atoms. The first kappa shape index (κ1) is 21.1. The second-order valence-corrected chi connectivity index (χ2v) is 7.70. The maximum atomic E-state index is 13.6. The fourth-order valence-electron chi connectivity index (χ4n) is 3.83. The normalized spacial score (nSPS) is 13.2. The smallest absolute Gasteiger partial charge is 0.347 e. The van der Waals surface area contributed by atoms with Gasteiger partial charge in [0.2, 0.25) is 0 Å². The van der Waals surface area contributed by atoms with Crippen molar-refractivity contribution in [2.75, 3.05) is 11.9 Å². The lowest BCUT2D eigenvalue weighted by atomic mass is 9.85. The highest BCUT2D eigenvalue weighted by Crippen LogP contribution is 2.41. The Balaban J connectivity index is 2.46. The van der Waals surface area contributed by atoms with Crippen molar-refractivity contribution in [3.63, 3.8) is 0 Å². The lowest BCUT2D eigenvalue weighted by Gasteiger charge is -2.32. The van der Waals surface area contributed by atoms with Crippen molar-refractivity contribution in [1.29, 1.82) is 0 Å². The number of alkyl halides is 3. The van der Waals surface area contributed by atoms with Crippen molar-refractivity contribution in [3.05, 3.63) is 39.8 Å². The maximum Gasteiger partial charge on any atom is 0.408 e. The standard InChI is InChI=1S/C21H26F3N5/c1-10-11(2)13(4)17(14(5)12(10)3)18-15(6)27-20-25-9-26-29(20)19(18)28(8)16(7)21(22,23)24/h9,16H,1-8H3. The molecule has 0 aliphatic heterocycles. The number of aromatic nitrogens is 4. The number of anilines is 1. The molecule has 0 saturated heterocycles. The van der Waals surface area contributed by atoms with E-state index >= 15 is 0 Å². The Morgan fingerprint density at radius 2 is 1.41 bits per heavy atom. The minimum absolute atomic E-state index is 0.276. The van der Waals surface area contributed by atoms with Gasteiger partial charge in [0.25, 0.3) is 5.78 Å². The Morgan fingerprint density at radius 1 is 0.897 bits per heavy atom. The summed E-state index contributed by atoms with van der Waals surface area (Å²) in [6.07, 6.45) is -3.08. The molecular weight excluding hydrogens is 379 g/mol. The van der Waals surface area contributed by atoms with Gasteiger partial charge in [0.15, 0.2) is 0 Å². The molecule has 0 amide bonds. The Labute approximate surface area is 168 Å². The first-order valence-corrected chi connectivity index (χ1v) is 9.45. The average molecular weight is 405 g/mol. The van der Waals surface area contributed by atoms with Gasteiger partial charge < -0.3 is 4.90 Å². The molecule has 3 aromatic rings. The number of fused-ring (bicyclic) bond motifs is 1. The van der Waals surface area contributed by atoms with Crippen LogP contribution < -0.4 is 4.90 Å². The predicted molar refractivity (Wildman–Crippen MR) is 109 cm³/mol. The van der Waals surface area contributed by atoms with Gasteiger partial charge in [0, 0.05) is 12.6 Å². The summed E-state index contributed by atoms with van der Waals surface area (Å²) in [4.78, 5) is 9.85. The number of hydrogen-bond donors (Lipinski definition) is 0. The van der Waals surface area contributed by atoms with Crippen LogP contribution in [0.5, 0.6) is 0 Å². The summed E-state index contributed by atoms with van der Waals surface area (Å²) in [5.41, 5.74) is 7.68. The molecule has 0 radical (unpaired) electrons. The topological polar surface area (TPSA) is 46.3 Å². The van der Waals surface area contributed by atoms with Crippen LogP contribution >= 0.6 is 0 Å². The van der Waals surface area contributed by atoms with Crippen LogP contribution in [0.25, 0.3) is 16.9 Å². The Morgan fingerprint density at radius 3 is 1.93 bits per heavy atom. The van der Waals surface area contributed by atoms with Crippen LogP contribution in [0.4, 0.5) is 19.0 Å². The van der Waals surface area contributed by atoms with E-state index in [0.29, 0.717) is 17.1 Å². The first-order valence-electron chi connectivity index (χ1n) is 9.45. The van der Waals surface area contributed by atoms with E-state index in [9.17, 15) is 13.2 Å². The van der Waals surface area contributed by atoms with Crippen molar-refractivity contribution in [3.8, 4) is 11.1 Å². The van der Waals surface area contributed by atoms with Crippen LogP contribution in [0.3, 0.4) is 0 Å². The van der Waals surface area contributed by atoms with E-state index in [2.05, 4.69) is 22.0 Å². The second kappa shape index (κ2) is 7.00. The van der Waals surface area contributed by atoms with Gasteiger partial charge >= 0.3 is 6.18 Å². The summed E-state index contributed by atoms with van der Waals surface area (Å²) in [5, 5.41) is 4.19. The van der Waals surface area contributed by atoms with Crippen molar-refractivity contribution >= 4 is 11.6 Å². The van der Waals surface area contributed by atoms with Crippen molar-refractivity contribution < 1.29 is 13.2 Å². The van der Waals surface area contributed by atoms with E-state index in [1.807, 2.05) is 34.6 Å². The number of hydrogen-bond acceptors (Lipinski definition) is 4. The molecule has 2 heterocycles. The molecule has 156 valence electrons. The highest BCUT2D eigenvalue weighted by molar-refractivity contribution is 5.85. The van der Waals surface area contributed by atoms with Gasteiger partial charge in [0.1, 0.15) is 18.2 Å². The molecule has 29 heavy (non-hydrogen) atoms. The van der Waals surface area contributed by atoms with Gasteiger partial charge in [-0.1, -0.05) is 0 Å². The van der Waals surface area contributed by atoms with E-state index < -0.39 is 12.2 Å². The maximum absolute atomic E-state index is 13.6. The highest BCUT2D eigenvalue weighted by Gasteiger charge is 2.41. The summed E-state index contributed by atoms with van der Waals surface area (Å²) in [6, 6.07) is -1.70. The largest absolute Gasteiger partial charge is 0.408 e. The highest BCUT2D eigenvalue weighted by atomic mass is 19.4. The van der Waals surface area contributed by atoms with E-state index in [-0.39, 0.29) is 5.78 Å². The molecule has 2 aromatic heterocycles. The SMILES string of the molecule is Cc1nc2ncnn2c(N(C)C(C)C(F)(F)F)c1-c1c(C)c(C)c(C)c(C)c1C. The van der Waals surface area contributed by atoms with Gasteiger partial charge in [-0.2, -0.15) is 27.8 Å². The summed E-state index contributed by atoms with van der Waals surface area (Å²) in [7, 11) is 1.44. The Bertz CT molecular complexity index is 1070. The van der Waals surface area contributed by atoms with Crippen LogP contribution in [0.1, 0.15) is 40.4 Å². The lowest BCUT2D eigenvalue weighted by Crippen LogP contribution is -2.42. The zero-order valence-corrected chi connectivity index (χ0v) is 18.0. The van der Waals surface area contributed by atoms with E-state index in [1.54, 1.807) is 0 Å². The van der Waals surface area contributed by atoms with E-state index in [0.717, 1.165) is 34.7 Å². The minimum Gasteiger partial charge on any atom is -0.347 e. The predicted octanol–water partition coefficient (Wildman–Crippen LogP) is 5.03. The Hall–Kier alpha value is -2.64. The van der Waals surface area contributed by atoms with E-state index in [4.69, 9.17) is 0 Å². The van der Waals surface area contributed by atoms with Crippen LogP contribution in [0.2, 0.25) is 0 Å². The monoisotopic (exact) mass is 405 g/mol. The summed E-state index contributed by atoms with van der Waals surface area (Å²) >= 11 is 0.